The first kappa shape index (κ1) is 20.0. The van der Waals surface area contributed by atoms with Gasteiger partial charge in [-0.25, -0.2) is 9.82 Å². The Bertz CT molecular complexity index is 622. The number of nitrogens with one attached hydrogen (secondary N) is 5. The molecule has 4 heterocycles. The number of nitrogens with two attached hydrogens (primary N) is 1. The van der Waals surface area contributed by atoms with Crippen molar-refractivity contribution in [2.24, 2.45) is 17.6 Å². The Morgan fingerprint density at radius 2 is 2.18 bits per heavy atom. The number of ether oxygens (including phenoxy) is 1. The molecule has 3 saturated heterocycles. The number of hydrogen-bond acceptors (Lipinski definition) is 9. The summed E-state index contributed by atoms with van der Waals surface area (Å²) in [4.78, 5) is 15.5. The minimum absolute atomic E-state index is 0.00288. The molecule has 0 aromatic carbocycles. The Morgan fingerprint density at radius 1 is 1.36 bits per heavy atom. The number of hydrogen-bond donors (Lipinski definition) is 6. The van der Waals surface area contributed by atoms with Crippen LogP contribution in [0.15, 0.2) is 12.0 Å². The zero-order chi connectivity index (χ0) is 19.8. The van der Waals surface area contributed by atoms with Gasteiger partial charge in [0.25, 0.3) is 0 Å². The highest BCUT2D eigenvalue weighted by atomic mass is 19.1. The second-order valence-electron chi connectivity index (χ2n) is 8.05. The predicted molar refractivity (Wildman–Crippen MR) is 101 cm³/mol. The van der Waals surface area contributed by atoms with Gasteiger partial charge in [0.2, 0.25) is 5.91 Å². The van der Waals surface area contributed by atoms with Crippen LogP contribution in [0.25, 0.3) is 0 Å². The maximum atomic E-state index is 13.5. The van der Waals surface area contributed by atoms with Crippen molar-refractivity contribution in [2.45, 2.75) is 30.5 Å². The van der Waals surface area contributed by atoms with Crippen LogP contribution >= 0.6 is 0 Å². The Labute approximate surface area is 164 Å². The number of likely N-dealkylation sites (N-methyl/N-ethyl adjacent to an activating group) is 1. The molecule has 0 spiro atoms. The first-order valence-electron chi connectivity index (χ1n) is 9.84. The Morgan fingerprint density at radius 3 is 2.89 bits per heavy atom. The highest BCUT2D eigenvalue weighted by molar-refractivity contribution is 5.81. The van der Waals surface area contributed by atoms with Crippen molar-refractivity contribution in [1.29, 1.82) is 0 Å². The zero-order valence-electron chi connectivity index (χ0n) is 16.3. The molecule has 0 radical (unpaired) electrons. The van der Waals surface area contributed by atoms with E-state index in [1.807, 2.05) is 0 Å². The molecule has 11 heteroatoms. The van der Waals surface area contributed by atoms with E-state index in [0.29, 0.717) is 6.54 Å². The summed E-state index contributed by atoms with van der Waals surface area (Å²) in [6.45, 7) is 3.20. The molecule has 3 fully saturated rings. The average Bonchev–Trinajstić information content (AvgIpc) is 3.23. The molecule has 1 amide bonds. The number of hydrazine groups is 1. The third-order valence-electron chi connectivity index (χ3n) is 6.35. The lowest BCUT2D eigenvalue weighted by atomic mass is 9.82. The number of fused-ring (bicyclic) bond motifs is 1. The summed E-state index contributed by atoms with van der Waals surface area (Å²) in [5, 5.41) is 14.6. The molecule has 4 aliphatic heterocycles. The van der Waals surface area contributed by atoms with Gasteiger partial charge >= 0.3 is 0 Å². The van der Waals surface area contributed by atoms with Gasteiger partial charge in [-0.15, -0.1) is 0 Å². The lowest BCUT2D eigenvalue weighted by Crippen LogP contribution is -2.64. The molecule has 7 unspecified atom stereocenters. The van der Waals surface area contributed by atoms with E-state index in [2.05, 4.69) is 38.6 Å². The van der Waals surface area contributed by atoms with Crippen LogP contribution in [0, 0.1) is 11.8 Å². The molecular formula is C17H31FN8O2. The van der Waals surface area contributed by atoms with Gasteiger partial charge in [-0.1, -0.05) is 0 Å². The van der Waals surface area contributed by atoms with E-state index in [1.165, 1.54) is 6.20 Å². The highest BCUT2D eigenvalue weighted by Gasteiger charge is 2.48. The van der Waals surface area contributed by atoms with Gasteiger partial charge in [-0.05, 0) is 7.05 Å². The van der Waals surface area contributed by atoms with Crippen LogP contribution in [-0.2, 0) is 9.53 Å². The topological polar surface area (TPSA) is 119 Å². The van der Waals surface area contributed by atoms with E-state index in [1.54, 1.807) is 12.1 Å². The second-order valence-corrected chi connectivity index (χ2v) is 8.05. The summed E-state index contributed by atoms with van der Waals surface area (Å²) in [7, 11) is 3.80. The van der Waals surface area contributed by atoms with Crippen LogP contribution in [0.4, 0.5) is 4.39 Å². The molecule has 0 aromatic heterocycles. The van der Waals surface area contributed by atoms with Gasteiger partial charge < -0.3 is 26.4 Å². The minimum atomic E-state index is -0.594. The van der Waals surface area contributed by atoms with Crippen LogP contribution in [0.2, 0.25) is 0 Å². The fourth-order valence-corrected chi connectivity index (χ4v) is 4.94. The molecule has 28 heavy (non-hydrogen) atoms. The maximum Gasteiger partial charge on any atom is 0.229 e. The minimum Gasteiger partial charge on any atom is -0.380 e. The van der Waals surface area contributed by atoms with Crippen molar-refractivity contribution in [1.82, 2.24) is 36.6 Å². The van der Waals surface area contributed by atoms with Crippen LogP contribution in [0.1, 0.15) is 0 Å². The fourth-order valence-electron chi connectivity index (χ4n) is 4.94. The summed E-state index contributed by atoms with van der Waals surface area (Å²) >= 11 is 0. The maximum absolute atomic E-state index is 13.5. The largest absolute Gasteiger partial charge is 0.380 e. The number of carbonyl (C=O) groups excluding carboxylic acids is 1. The zero-order valence-corrected chi connectivity index (χ0v) is 16.3. The van der Waals surface area contributed by atoms with Crippen molar-refractivity contribution < 1.29 is 13.9 Å². The van der Waals surface area contributed by atoms with Gasteiger partial charge in [0.1, 0.15) is 17.9 Å². The third-order valence-corrected chi connectivity index (χ3v) is 6.35. The smallest absolute Gasteiger partial charge is 0.229 e. The lowest BCUT2D eigenvalue weighted by molar-refractivity contribution is -0.128. The monoisotopic (exact) mass is 398 g/mol. The summed E-state index contributed by atoms with van der Waals surface area (Å²) in [5.74, 6) is -0.827. The van der Waals surface area contributed by atoms with Gasteiger partial charge in [0.15, 0.2) is 0 Å². The molecule has 0 saturated carbocycles. The number of methoxy groups -OCH3 is 1. The number of piperidine rings is 1. The second kappa shape index (κ2) is 8.19. The van der Waals surface area contributed by atoms with E-state index in [9.17, 15) is 9.18 Å². The SMILES string of the molecule is COC1CNCC(NC(=O)C2C(N)NN3C=C(F)CNC23)C1C1CNCN1C. The third kappa shape index (κ3) is 3.63. The van der Waals surface area contributed by atoms with Gasteiger partial charge in [0.05, 0.1) is 25.0 Å². The summed E-state index contributed by atoms with van der Waals surface area (Å²) in [6, 6.07) is 0.185. The number of nitrogens with zero attached hydrogens (tertiary/aromatic N) is 2. The molecule has 0 aromatic rings. The van der Waals surface area contributed by atoms with E-state index >= 15 is 0 Å². The van der Waals surface area contributed by atoms with Crippen LogP contribution in [0.3, 0.4) is 0 Å². The van der Waals surface area contributed by atoms with Crippen molar-refractivity contribution in [2.75, 3.05) is 47.0 Å². The molecule has 0 aliphatic carbocycles. The number of carbonyl (C=O) groups is 1. The molecular weight excluding hydrogens is 367 g/mol. The highest BCUT2D eigenvalue weighted by Crippen LogP contribution is 2.27. The Kier molecular flexibility index (Phi) is 5.83. The lowest BCUT2D eigenvalue weighted by Gasteiger charge is -2.43. The normalized spacial score (nSPS) is 41.6. The van der Waals surface area contributed by atoms with E-state index in [4.69, 9.17) is 10.5 Å². The van der Waals surface area contributed by atoms with Crippen LogP contribution in [-0.4, -0.2) is 93.3 Å². The number of halogens is 1. The standard InChI is InChI=1S/C17H31FN8O2/c1-25-8-21-5-11(25)13-10(4-20-6-12(13)28-2)23-17(27)14-15(19)24-26-7-9(18)3-22-16(14)26/h7,10-16,20-22,24H,3-6,8,19H2,1-2H3,(H,23,27). The van der Waals surface area contributed by atoms with E-state index in [-0.39, 0.29) is 48.6 Å². The first-order valence-corrected chi connectivity index (χ1v) is 9.84. The van der Waals surface area contributed by atoms with Gasteiger partial charge in [-0.2, -0.15) is 0 Å². The molecule has 4 aliphatic rings. The molecule has 10 nitrogen and oxygen atoms in total. The van der Waals surface area contributed by atoms with Crippen molar-refractivity contribution in [3.05, 3.63) is 12.0 Å². The fraction of sp³-hybridized carbons (Fsp3) is 0.824. The van der Waals surface area contributed by atoms with Gasteiger partial charge in [-0.3, -0.25) is 20.0 Å². The molecule has 7 N–H and O–H groups in total. The summed E-state index contributed by atoms with van der Waals surface area (Å²) in [5.41, 5.74) is 9.12. The quantitative estimate of drug-likeness (QED) is 0.295. The van der Waals surface area contributed by atoms with Crippen LogP contribution in [0.5, 0.6) is 0 Å². The van der Waals surface area contributed by atoms with Gasteiger partial charge in [0, 0.05) is 51.4 Å². The number of amides is 1. The van der Waals surface area contributed by atoms with E-state index < -0.39 is 12.1 Å². The van der Waals surface area contributed by atoms with Crippen molar-refractivity contribution >= 4 is 5.91 Å². The Hall–Kier alpha value is -1.34. The predicted octanol–water partition coefficient (Wildman–Crippen LogP) is -2.97. The first-order chi connectivity index (χ1) is 13.5. The van der Waals surface area contributed by atoms with Crippen molar-refractivity contribution in [3.8, 4) is 0 Å². The average molecular weight is 398 g/mol. The Balaban J connectivity index is 1.49. The summed E-state index contributed by atoms with van der Waals surface area (Å²) in [6.07, 6.45) is 0.393. The number of rotatable bonds is 4. The molecule has 4 rings (SSSR count). The summed E-state index contributed by atoms with van der Waals surface area (Å²) < 4.78 is 19.3. The van der Waals surface area contributed by atoms with Crippen LogP contribution < -0.4 is 32.4 Å². The molecule has 158 valence electrons. The van der Waals surface area contributed by atoms with E-state index in [0.717, 1.165) is 19.8 Å². The van der Waals surface area contributed by atoms with Crippen molar-refractivity contribution in [3.63, 3.8) is 0 Å². The molecule has 7 atom stereocenters. The molecule has 0 bridgehead atoms.